The molecule has 0 aliphatic carbocycles. The van der Waals surface area contributed by atoms with Crippen molar-refractivity contribution < 1.29 is 14.5 Å². The van der Waals surface area contributed by atoms with Crippen LogP contribution in [0.1, 0.15) is 39.2 Å². The first kappa shape index (κ1) is 22.6. The number of benzene rings is 1. The number of hydrogen-bond donors (Lipinski definition) is 2. The molecule has 1 unspecified atom stereocenters. The fourth-order valence-electron chi connectivity index (χ4n) is 2.96. The number of likely N-dealkylation sites (N-methyl/N-ethyl adjacent to an activating group) is 1. The number of aliphatic imine (C=N–C) groups is 1. The monoisotopic (exact) mass is 405 g/mol. The summed E-state index contributed by atoms with van der Waals surface area (Å²) in [6.07, 6.45) is 2.18. The number of hydrogen-bond acceptors (Lipinski definition) is 5. The lowest BCUT2D eigenvalue weighted by Gasteiger charge is -2.26. The van der Waals surface area contributed by atoms with Gasteiger partial charge in [-0.15, -0.1) is 0 Å². The van der Waals surface area contributed by atoms with Crippen molar-refractivity contribution in [3.8, 4) is 0 Å². The molecule has 1 aromatic carbocycles. The minimum absolute atomic E-state index is 0.0467. The molecule has 0 radical (unpaired) electrons. The van der Waals surface area contributed by atoms with Gasteiger partial charge in [0.2, 0.25) is 5.91 Å². The summed E-state index contributed by atoms with van der Waals surface area (Å²) in [7, 11) is 1.80. The lowest BCUT2D eigenvalue weighted by molar-refractivity contribution is -0.384. The van der Waals surface area contributed by atoms with E-state index in [0.29, 0.717) is 19.0 Å². The highest BCUT2D eigenvalue weighted by Crippen LogP contribution is 2.13. The normalized spacial score (nSPS) is 17.1. The van der Waals surface area contributed by atoms with Gasteiger partial charge in [0, 0.05) is 37.9 Å². The Morgan fingerprint density at radius 1 is 1.34 bits per heavy atom. The minimum Gasteiger partial charge on any atom is -0.376 e. The van der Waals surface area contributed by atoms with Crippen molar-refractivity contribution in [2.75, 3.05) is 26.7 Å². The third-order valence-electron chi connectivity index (χ3n) is 4.33. The second kappa shape index (κ2) is 10.2. The van der Waals surface area contributed by atoms with Crippen LogP contribution in [0, 0.1) is 10.1 Å². The average Bonchev–Trinajstić information content (AvgIpc) is 3.13. The summed E-state index contributed by atoms with van der Waals surface area (Å²) in [4.78, 5) is 29.0. The number of nitro benzene ring substituents is 1. The molecule has 1 saturated heterocycles. The van der Waals surface area contributed by atoms with Crippen molar-refractivity contribution >= 4 is 17.6 Å². The Kier molecular flexibility index (Phi) is 7.95. The number of nitro groups is 1. The number of nitrogens with zero attached hydrogens (tertiary/aromatic N) is 3. The van der Waals surface area contributed by atoms with Gasteiger partial charge in [0.25, 0.3) is 5.69 Å². The van der Waals surface area contributed by atoms with Gasteiger partial charge in [-0.05, 0) is 39.2 Å². The summed E-state index contributed by atoms with van der Waals surface area (Å²) in [6, 6.07) is 6.30. The Labute approximate surface area is 171 Å². The van der Waals surface area contributed by atoms with Crippen LogP contribution in [0.25, 0.3) is 0 Å². The summed E-state index contributed by atoms with van der Waals surface area (Å²) in [5.74, 6) is 0.491. The number of non-ortho nitro benzene ring substituents is 1. The van der Waals surface area contributed by atoms with E-state index in [1.807, 2.05) is 20.8 Å². The molecular formula is C20H31N5O4. The lowest BCUT2D eigenvalue weighted by Crippen LogP contribution is -2.49. The van der Waals surface area contributed by atoms with Crippen LogP contribution < -0.4 is 10.6 Å². The molecule has 1 amide bonds. The highest BCUT2D eigenvalue weighted by atomic mass is 16.6. The van der Waals surface area contributed by atoms with Gasteiger partial charge in [0.1, 0.15) is 0 Å². The Morgan fingerprint density at radius 2 is 2.03 bits per heavy atom. The highest BCUT2D eigenvalue weighted by molar-refractivity contribution is 5.86. The Balaban J connectivity index is 2.04. The van der Waals surface area contributed by atoms with E-state index >= 15 is 0 Å². The van der Waals surface area contributed by atoms with Crippen LogP contribution in [-0.2, 0) is 16.1 Å². The maximum atomic E-state index is 12.3. The molecule has 1 heterocycles. The molecule has 9 nitrogen and oxygen atoms in total. The number of rotatable bonds is 7. The number of guanidine groups is 1. The predicted octanol–water partition coefficient (Wildman–Crippen LogP) is 2.07. The zero-order chi connectivity index (χ0) is 21.4. The van der Waals surface area contributed by atoms with E-state index in [4.69, 9.17) is 4.74 Å². The maximum Gasteiger partial charge on any atom is 0.269 e. The fourth-order valence-corrected chi connectivity index (χ4v) is 2.96. The number of carbonyl (C=O) groups is 1. The van der Waals surface area contributed by atoms with Crippen molar-refractivity contribution in [3.63, 3.8) is 0 Å². The largest absolute Gasteiger partial charge is 0.376 e. The predicted molar refractivity (Wildman–Crippen MR) is 112 cm³/mol. The van der Waals surface area contributed by atoms with Crippen LogP contribution in [-0.4, -0.2) is 60.1 Å². The van der Waals surface area contributed by atoms with Gasteiger partial charge >= 0.3 is 0 Å². The second-order valence-corrected chi connectivity index (χ2v) is 8.23. The van der Waals surface area contributed by atoms with E-state index in [1.165, 1.54) is 12.1 Å². The topological polar surface area (TPSA) is 109 Å². The SMILES string of the molecule is CN(CC(=O)NC(C)(C)C)C(=NCc1ccc([N+](=O)[O-])cc1)NCC1CCCO1. The molecule has 1 aromatic rings. The van der Waals surface area contributed by atoms with Crippen molar-refractivity contribution in [1.82, 2.24) is 15.5 Å². The number of ether oxygens (including phenoxy) is 1. The second-order valence-electron chi connectivity index (χ2n) is 8.23. The van der Waals surface area contributed by atoms with Gasteiger partial charge in [0.15, 0.2) is 5.96 Å². The molecule has 9 heteroatoms. The van der Waals surface area contributed by atoms with E-state index in [1.54, 1.807) is 24.1 Å². The molecule has 0 aromatic heterocycles. The summed E-state index contributed by atoms with van der Waals surface area (Å²) in [5, 5.41) is 17.0. The van der Waals surface area contributed by atoms with Crippen molar-refractivity contribution in [2.24, 2.45) is 4.99 Å². The van der Waals surface area contributed by atoms with E-state index in [9.17, 15) is 14.9 Å². The summed E-state index contributed by atoms with van der Waals surface area (Å²) in [6.45, 7) is 7.69. The molecule has 1 fully saturated rings. The molecule has 1 atom stereocenters. The van der Waals surface area contributed by atoms with Crippen LogP contribution in [0.2, 0.25) is 0 Å². The zero-order valence-electron chi connectivity index (χ0n) is 17.6. The molecule has 1 aliphatic heterocycles. The van der Waals surface area contributed by atoms with Crippen LogP contribution in [0.5, 0.6) is 0 Å². The average molecular weight is 405 g/mol. The molecule has 0 spiro atoms. The Morgan fingerprint density at radius 3 is 2.59 bits per heavy atom. The van der Waals surface area contributed by atoms with E-state index in [2.05, 4.69) is 15.6 Å². The van der Waals surface area contributed by atoms with Crippen LogP contribution in [0.3, 0.4) is 0 Å². The molecule has 29 heavy (non-hydrogen) atoms. The third-order valence-corrected chi connectivity index (χ3v) is 4.33. The number of carbonyl (C=O) groups excluding carboxylic acids is 1. The quantitative estimate of drug-likeness (QED) is 0.311. The summed E-state index contributed by atoms with van der Waals surface area (Å²) >= 11 is 0. The standard InChI is InChI=1S/C20H31N5O4/c1-20(2,3)23-18(26)14-24(4)19(22-13-17-6-5-11-29-17)21-12-15-7-9-16(10-8-15)25(27)28/h7-10,17H,5-6,11-14H2,1-4H3,(H,21,22)(H,23,26). The Bertz CT molecular complexity index is 721. The van der Waals surface area contributed by atoms with Crippen molar-refractivity contribution in [1.29, 1.82) is 0 Å². The number of amides is 1. The Hall–Kier alpha value is -2.68. The molecule has 160 valence electrons. The van der Waals surface area contributed by atoms with Crippen LogP contribution >= 0.6 is 0 Å². The molecule has 0 bridgehead atoms. The van der Waals surface area contributed by atoms with E-state index < -0.39 is 4.92 Å². The molecule has 0 saturated carbocycles. The van der Waals surface area contributed by atoms with Gasteiger partial charge < -0.3 is 20.3 Å². The van der Waals surface area contributed by atoms with Crippen LogP contribution in [0.4, 0.5) is 5.69 Å². The molecule has 1 aliphatic rings. The van der Waals surface area contributed by atoms with Gasteiger partial charge in [-0.25, -0.2) is 4.99 Å². The van der Waals surface area contributed by atoms with Crippen LogP contribution in [0.15, 0.2) is 29.3 Å². The smallest absolute Gasteiger partial charge is 0.269 e. The first-order chi connectivity index (χ1) is 13.6. The fraction of sp³-hybridized carbons (Fsp3) is 0.600. The van der Waals surface area contributed by atoms with Crippen molar-refractivity contribution in [3.05, 3.63) is 39.9 Å². The highest BCUT2D eigenvalue weighted by Gasteiger charge is 2.19. The zero-order valence-corrected chi connectivity index (χ0v) is 17.6. The van der Waals surface area contributed by atoms with E-state index in [-0.39, 0.29) is 29.8 Å². The first-order valence-corrected chi connectivity index (χ1v) is 9.79. The number of nitrogens with one attached hydrogen (secondary N) is 2. The van der Waals surface area contributed by atoms with Crippen molar-refractivity contribution in [2.45, 2.75) is 51.8 Å². The molecular weight excluding hydrogens is 374 g/mol. The van der Waals surface area contributed by atoms with Gasteiger partial charge in [-0.2, -0.15) is 0 Å². The molecule has 2 N–H and O–H groups in total. The first-order valence-electron chi connectivity index (χ1n) is 9.79. The summed E-state index contributed by atoms with van der Waals surface area (Å²) in [5.41, 5.74) is 0.587. The third kappa shape index (κ3) is 8.06. The summed E-state index contributed by atoms with van der Waals surface area (Å²) < 4.78 is 5.65. The van der Waals surface area contributed by atoms with Gasteiger partial charge in [0.05, 0.1) is 24.1 Å². The van der Waals surface area contributed by atoms with Gasteiger partial charge in [-0.1, -0.05) is 12.1 Å². The van der Waals surface area contributed by atoms with Gasteiger partial charge in [-0.3, -0.25) is 14.9 Å². The lowest BCUT2D eigenvalue weighted by atomic mass is 10.1. The molecule has 2 rings (SSSR count). The van der Waals surface area contributed by atoms with E-state index in [0.717, 1.165) is 25.0 Å². The maximum absolute atomic E-state index is 12.3. The minimum atomic E-state index is -0.427.